The van der Waals surface area contributed by atoms with Gasteiger partial charge in [-0.05, 0) is 45.4 Å². The summed E-state index contributed by atoms with van der Waals surface area (Å²) in [7, 11) is 2.20. The predicted molar refractivity (Wildman–Crippen MR) is 79.8 cm³/mol. The van der Waals surface area contributed by atoms with Crippen LogP contribution in [0.15, 0.2) is 18.3 Å². The molecule has 1 aromatic rings. The first-order valence-corrected chi connectivity index (χ1v) is 7.40. The van der Waals surface area contributed by atoms with Crippen LogP contribution in [0.4, 0.5) is 11.5 Å². The van der Waals surface area contributed by atoms with E-state index < -0.39 is 0 Å². The zero-order valence-corrected chi connectivity index (χ0v) is 12.0. The molecule has 2 atom stereocenters. The van der Waals surface area contributed by atoms with Crippen molar-refractivity contribution >= 4 is 11.5 Å². The first-order valence-electron chi connectivity index (χ1n) is 7.40. The Kier molecular flexibility index (Phi) is 3.60. The van der Waals surface area contributed by atoms with Crippen LogP contribution in [-0.4, -0.2) is 48.6 Å². The second-order valence-corrected chi connectivity index (χ2v) is 5.96. The fourth-order valence-electron chi connectivity index (χ4n) is 3.14. The number of likely N-dealkylation sites (N-methyl/N-ethyl adjacent to an activating group) is 1. The molecule has 0 aromatic carbocycles. The van der Waals surface area contributed by atoms with Crippen LogP contribution >= 0.6 is 0 Å². The molecule has 0 spiro atoms. The van der Waals surface area contributed by atoms with Gasteiger partial charge in [-0.3, -0.25) is 0 Å². The minimum Gasteiger partial charge on any atom is -0.380 e. The standard InChI is InChI=1S/C15H24N4/c1-12-9-14(11-18(12)2)17-13-5-6-15(16-10-13)19-7-3-4-8-19/h5-6,10,12,14,17H,3-4,7-9,11H2,1-2H3. The van der Waals surface area contributed by atoms with Gasteiger partial charge in [0.05, 0.1) is 11.9 Å². The van der Waals surface area contributed by atoms with Crippen LogP contribution in [-0.2, 0) is 0 Å². The summed E-state index contributed by atoms with van der Waals surface area (Å²) in [6, 6.07) is 5.55. The van der Waals surface area contributed by atoms with Crippen molar-refractivity contribution in [3.63, 3.8) is 0 Å². The average Bonchev–Trinajstić information content (AvgIpc) is 3.02. The Balaban J connectivity index is 1.60. The molecule has 0 aliphatic carbocycles. The number of nitrogens with zero attached hydrogens (tertiary/aromatic N) is 3. The van der Waals surface area contributed by atoms with Gasteiger partial charge in [-0.15, -0.1) is 0 Å². The Hall–Kier alpha value is -1.29. The summed E-state index contributed by atoms with van der Waals surface area (Å²) in [5.74, 6) is 1.12. The van der Waals surface area contributed by atoms with Crippen LogP contribution in [0.1, 0.15) is 26.2 Å². The summed E-state index contributed by atoms with van der Waals surface area (Å²) < 4.78 is 0. The minimum atomic E-state index is 0.555. The second-order valence-electron chi connectivity index (χ2n) is 5.96. The van der Waals surface area contributed by atoms with Gasteiger partial charge in [0.2, 0.25) is 0 Å². The van der Waals surface area contributed by atoms with Gasteiger partial charge < -0.3 is 15.1 Å². The number of pyridine rings is 1. The molecule has 4 nitrogen and oxygen atoms in total. The van der Waals surface area contributed by atoms with E-state index in [1.807, 2.05) is 6.20 Å². The summed E-state index contributed by atoms with van der Waals surface area (Å²) in [5, 5.41) is 3.60. The summed E-state index contributed by atoms with van der Waals surface area (Å²) in [6.07, 6.45) is 5.79. The molecule has 0 bridgehead atoms. The molecular weight excluding hydrogens is 236 g/mol. The third-order valence-electron chi connectivity index (χ3n) is 4.44. The minimum absolute atomic E-state index is 0.555. The largest absolute Gasteiger partial charge is 0.380 e. The fourth-order valence-corrected chi connectivity index (χ4v) is 3.14. The van der Waals surface area contributed by atoms with Gasteiger partial charge in [-0.2, -0.15) is 0 Å². The van der Waals surface area contributed by atoms with E-state index in [9.17, 15) is 0 Å². The molecule has 104 valence electrons. The molecule has 2 fully saturated rings. The van der Waals surface area contributed by atoms with Crippen LogP contribution in [0, 0.1) is 0 Å². The fraction of sp³-hybridized carbons (Fsp3) is 0.667. The molecule has 3 heterocycles. The van der Waals surface area contributed by atoms with Crippen LogP contribution in [0.2, 0.25) is 0 Å². The summed E-state index contributed by atoms with van der Waals surface area (Å²) in [4.78, 5) is 9.37. The van der Waals surface area contributed by atoms with Crippen molar-refractivity contribution in [3.05, 3.63) is 18.3 Å². The Morgan fingerprint density at radius 3 is 2.63 bits per heavy atom. The third kappa shape index (κ3) is 2.84. The highest BCUT2D eigenvalue weighted by Crippen LogP contribution is 2.22. The maximum atomic E-state index is 4.59. The van der Waals surface area contributed by atoms with Gasteiger partial charge in [0.1, 0.15) is 5.82 Å². The summed E-state index contributed by atoms with van der Waals surface area (Å²) >= 11 is 0. The number of nitrogens with one attached hydrogen (secondary N) is 1. The maximum absolute atomic E-state index is 4.59. The van der Waals surface area contributed by atoms with Gasteiger partial charge in [0, 0.05) is 31.7 Å². The Bertz CT molecular complexity index is 401. The van der Waals surface area contributed by atoms with Crippen molar-refractivity contribution in [2.45, 2.75) is 38.3 Å². The van der Waals surface area contributed by atoms with Gasteiger partial charge in [0.25, 0.3) is 0 Å². The lowest BCUT2D eigenvalue weighted by atomic mass is 10.2. The topological polar surface area (TPSA) is 31.4 Å². The second kappa shape index (κ2) is 5.37. The average molecular weight is 260 g/mol. The SMILES string of the molecule is CC1CC(Nc2ccc(N3CCCC3)nc2)CN1C. The molecule has 2 aliphatic heterocycles. The molecule has 0 radical (unpaired) electrons. The first kappa shape index (κ1) is 12.7. The van der Waals surface area contributed by atoms with E-state index in [1.165, 1.54) is 19.3 Å². The van der Waals surface area contributed by atoms with Crippen LogP contribution < -0.4 is 10.2 Å². The molecule has 3 rings (SSSR count). The summed E-state index contributed by atoms with van der Waals surface area (Å²) in [5.41, 5.74) is 1.15. The highest BCUT2D eigenvalue weighted by molar-refractivity contribution is 5.49. The van der Waals surface area contributed by atoms with E-state index in [4.69, 9.17) is 0 Å². The summed E-state index contributed by atoms with van der Waals surface area (Å²) in [6.45, 7) is 5.72. The normalized spacial score (nSPS) is 28.0. The Morgan fingerprint density at radius 2 is 2.05 bits per heavy atom. The lowest BCUT2D eigenvalue weighted by Crippen LogP contribution is -2.25. The van der Waals surface area contributed by atoms with Crippen LogP contribution in [0.3, 0.4) is 0 Å². The van der Waals surface area contributed by atoms with E-state index in [0.717, 1.165) is 31.1 Å². The lowest BCUT2D eigenvalue weighted by Gasteiger charge is -2.18. The van der Waals surface area contributed by atoms with E-state index in [0.29, 0.717) is 12.1 Å². The first-order chi connectivity index (χ1) is 9.22. The van der Waals surface area contributed by atoms with Crippen LogP contribution in [0.5, 0.6) is 0 Å². The zero-order valence-electron chi connectivity index (χ0n) is 12.0. The molecule has 0 saturated carbocycles. The van der Waals surface area contributed by atoms with Gasteiger partial charge in [-0.25, -0.2) is 4.98 Å². The molecule has 0 amide bonds. The molecule has 2 aliphatic rings. The monoisotopic (exact) mass is 260 g/mol. The Morgan fingerprint density at radius 1 is 1.26 bits per heavy atom. The number of hydrogen-bond donors (Lipinski definition) is 1. The molecule has 1 N–H and O–H groups in total. The molecular formula is C15H24N4. The van der Waals surface area contributed by atoms with Crippen molar-refractivity contribution in [1.29, 1.82) is 0 Å². The van der Waals surface area contributed by atoms with Crippen molar-refractivity contribution < 1.29 is 0 Å². The number of anilines is 2. The highest BCUT2D eigenvalue weighted by Gasteiger charge is 2.25. The quantitative estimate of drug-likeness (QED) is 0.902. The maximum Gasteiger partial charge on any atom is 0.128 e. The van der Waals surface area contributed by atoms with E-state index >= 15 is 0 Å². The third-order valence-corrected chi connectivity index (χ3v) is 4.44. The molecule has 1 aromatic heterocycles. The van der Waals surface area contributed by atoms with Crippen LogP contribution in [0.25, 0.3) is 0 Å². The van der Waals surface area contributed by atoms with E-state index in [-0.39, 0.29) is 0 Å². The lowest BCUT2D eigenvalue weighted by molar-refractivity contribution is 0.330. The van der Waals surface area contributed by atoms with Crippen molar-refractivity contribution in [1.82, 2.24) is 9.88 Å². The van der Waals surface area contributed by atoms with Crippen molar-refractivity contribution in [2.75, 3.05) is 36.9 Å². The molecule has 2 unspecified atom stereocenters. The van der Waals surface area contributed by atoms with Gasteiger partial charge in [0.15, 0.2) is 0 Å². The van der Waals surface area contributed by atoms with Crippen molar-refractivity contribution in [3.8, 4) is 0 Å². The molecule has 2 saturated heterocycles. The number of rotatable bonds is 3. The number of aromatic nitrogens is 1. The Labute approximate surface area is 115 Å². The van der Waals surface area contributed by atoms with E-state index in [1.54, 1.807) is 0 Å². The zero-order chi connectivity index (χ0) is 13.2. The number of hydrogen-bond acceptors (Lipinski definition) is 4. The predicted octanol–water partition coefficient (Wildman–Crippen LogP) is 2.19. The van der Waals surface area contributed by atoms with E-state index in [2.05, 4.69) is 46.2 Å². The molecule has 19 heavy (non-hydrogen) atoms. The smallest absolute Gasteiger partial charge is 0.128 e. The van der Waals surface area contributed by atoms with Gasteiger partial charge >= 0.3 is 0 Å². The molecule has 4 heteroatoms. The number of likely N-dealkylation sites (tertiary alicyclic amines) is 1. The van der Waals surface area contributed by atoms with Crippen molar-refractivity contribution in [2.24, 2.45) is 0 Å². The van der Waals surface area contributed by atoms with Gasteiger partial charge in [-0.1, -0.05) is 0 Å². The highest BCUT2D eigenvalue weighted by atomic mass is 15.2.